The monoisotopic (exact) mass is 271 g/mol. The Bertz CT molecular complexity index is 656. The van der Waals surface area contributed by atoms with E-state index in [0.717, 1.165) is 36.2 Å². The van der Waals surface area contributed by atoms with Crippen molar-refractivity contribution in [3.63, 3.8) is 0 Å². The molecule has 0 bridgehead atoms. The maximum atomic E-state index is 12.0. The molecule has 4 heteroatoms. The number of fused-ring (bicyclic) bond motifs is 1. The van der Waals surface area contributed by atoms with E-state index in [1.54, 1.807) is 0 Å². The maximum absolute atomic E-state index is 12.0. The van der Waals surface area contributed by atoms with Gasteiger partial charge in [0, 0.05) is 18.5 Å². The van der Waals surface area contributed by atoms with Gasteiger partial charge in [0.25, 0.3) is 5.56 Å². The molecular weight excluding hydrogens is 250 g/mol. The highest BCUT2D eigenvalue weighted by molar-refractivity contribution is 5.83. The van der Waals surface area contributed by atoms with Crippen molar-refractivity contribution in [1.82, 2.24) is 10.3 Å². The Balaban J connectivity index is 1.79. The molecule has 20 heavy (non-hydrogen) atoms. The van der Waals surface area contributed by atoms with E-state index < -0.39 is 0 Å². The van der Waals surface area contributed by atoms with E-state index in [2.05, 4.69) is 22.5 Å². The van der Waals surface area contributed by atoms with Gasteiger partial charge in [0.1, 0.15) is 5.82 Å². The van der Waals surface area contributed by atoms with Gasteiger partial charge in [0.15, 0.2) is 0 Å². The molecule has 0 saturated carbocycles. The molecule has 3 rings (SSSR count). The van der Waals surface area contributed by atoms with Crippen LogP contribution < -0.4 is 16.2 Å². The lowest BCUT2D eigenvalue weighted by Gasteiger charge is -2.34. The minimum absolute atomic E-state index is 0.0301. The molecule has 3 N–H and O–H groups in total. The third-order valence-corrected chi connectivity index (χ3v) is 4.14. The summed E-state index contributed by atoms with van der Waals surface area (Å²) in [4.78, 5) is 14.9. The first-order valence-electron chi connectivity index (χ1n) is 7.23. The van der Waals surface area contributed by atoms with Gasteiger partial charge in [0.05, 0.1) is 0 Å². The average Bonchev–Trinajstić information content (AvgIpc) is 2.46. The summed E-state index contributed by atoms with van der Waals surface area (Å²) in [5.74, 6) is 0.806. The third-order valence-electron chi connectivity index (χ3n) is 4.14. The first kappa shape index (κ1) is 13.2. The van der Waals surface area contributed by atoms with Gasteiger partial charge < -0.3 is 15.6 Å². The van der Waals surface area contributed by atoms with Gasteiger partial charge in [-0.1, -0.05) is 25.1 Å². The fourth-order valence-corrected chi connectivity index (χ4v) is 2.88. The largest absolute Gasteiger partial charge is 0.371 e. The van der Waals surface area contributed by atoms with Crippen LogP contribution in [-0.4, -0.2) is 24.6 Å². The summed E-state index contributed by atoms with van der Waals surface area (Å²) >= 11 is 0. The van der Waals surface area contributed by atoms with Crippen molar-refractivity contribution in [2.24, 2.45) is 5.41 Å². The summed E-state index contributed by atoms with van der Waals surface area (Å²) in [5.41, 5.74) is 0.221. The van der Waals surface area contributed by atoms with Gasteiger partial charge in [-0.25, -0.2) is 0 Å². The highest BCUT2D eigenvalue weighted by Gasteiger charge is 2.26. The van der Waals surface area contributed by atoms with Gasteiger partial charge >= 0.3 is 0 Å². The zero-order valence-corrected chi connectivity index (χ0v) is 11.8. The average molecular weight is 271 g/mol. The third kappa shape index (κ3) is 2.70. The molecule has 1 aromatic carbocycles. The maximum Gasteiger partial charge on any atom is 0.257 e. The second kappa shape index (κ2) is 5.29. The van der Waals surface area contributed by atoms with E-state index in [-0.39, 0.29) is 11.0 Å². The van der Waals surface area contributed by atoms with Crippen molar-refractivity contribution in [2.75, 3.05) is 25.0 Å². The summed E-state index contributed by atoms with van der Waals surface area (Å²) in [5, 5.41) is 8.55. The van der Waals surface area contributed by atoms with Crippen LogP contribution in [0.4, 0.5) is 5.82 Å². The van der Waals surface area contributed by atoms with E-state index in [1.807, 2.05) is 30.3 Å². The molecule has 0 radical (unpaired) electrons. The quantitative estimate of drug-likeness (QED) is 0.803. The van der Waals surface area contributed by atoms with E-state index in [1.165, 1.54) is 12.8 Å². The topological polar surface area (TPSA) is 56.9 Å². The number of rotatable bonds is 3. The number of H-pyrrole nitrogens is 1. The molecule has 0 amide bonds. The number of nitrogens with one attached hydrogen (secondary N) is 3. The van der Waals surface area contributed by atoms with Crippen LogP contribution in [0.15, 0.2) is 35.1 Å². The standard InChI is InChI=1S/C16H21N3O/c1-16(7-4-8-17-10-16)11-18-14-9-12-5-2-3-6-13(12)15(20)19-14/h2-3,5-6,9,17H,4,7-8,10-11H2,1H3,(H2,18,19,20). The van der Waals surface area contributed by atoms with Crippen LogP contribution in [0.5, 0.6) is 0 Å². The van der Waals surface area contributed by atoms with E-state index in [9.17, 15) is 4.79 Å². The Morgan fingerprint density at radius 1 is 1.35 bits per heavy atom. The highest BCUT2D eigenvalue weighted by atomic mass is 16.1. The number of benzene rings is 1. The molecular formula is C16H21N3O. The lowest BCUT2D eigenvalue weighted by molar-refractivity contribution is 0.253. The molecule has 1 aliphatic rings. The van der Waals surface area contributed by atoms with Crippen molar-refractivity contribution in [3.05, 3.63) is 40.7 Å². The minimum Gasteiger partial charge on any atom is -0.371 e. The molecule has 1 aliphatic heterocycles. The Morgan fingerprint density at radius 2 is 2.20 bits per heavy atom. The SMILES string of the molecule is CC1(CNc2cc3ccccc3c(=O)[nH]2)CCCNC1. The summed E-state index contributed by atoms with van der Waals surface area (Å²) in [7, 11) is 0. The first-order chi connectivity index (χ1) is 9.66. The molecule has 2 aromatic rings. The number of piperidine rings is 1. The van der Waals surface area contributed by atoms with Crippen molar-refractivity contribution in [1.29, 1.82) is 0 Å². The second-order valence-electron chi connectivity index (χ2n) is 6.04. The zero-order chi connectivity index (χ0) is 14.0. The molecule has 1 fully saturated rings. The Hall–Kier alpha value is -1.81. The van der Waals surface area contributed by atoms with Crippen molar-refractivity contribution in [3.8, 4) is 0 Å². The predicted molar refractivity (Wildman–Crippen MR) is 83.3 cm³/mol. The predicted octanol–water partition coefficient (Wildman–Crippen LogP) is 2.33. The zero-order valence-electron chi connectivity index (χ0n) is 11.8. The molecule has 1 unspecified atom stereocenters. The summed E-state index contributed by atoms with van der Waals surface area (Å²) in [6.07, 6.45) is 2.43. The highest BCUT2D eigenvalue weighted by Crippen LogP contribution is 2.25. The van der Waals surface area contributed by atoms with E-state index >= 15 is 0 Å². The van der Waals surface area contributed by atoms with Crippen molar-refractivity contribution < 1.29 is 0 Å². The lowest BCUT2D eigenvalue weighted by Crippen LogP contribution is -2.42. The summed E-state index contributed by atoms with van der Waals surface area (Å²) in [6, 6.07) is 9.68. The molecule has 1 saturated heterocycles. The normalized spacial score (nSPS) is 22.9. The number of hydrogen-bond donors (Lipinski definition) is 3. The second-order valence-corrected chi connectivity index (χ2v) is 6.04. The molecule has 1 aromatic heterocycles. The summed E-state index contributed by atoms with van der Waals surface area (Å²) in [6.45, 7) is 5.29. The van der Waals surface area contributed by atoms with Crippen LogP contribution >= 0.6 is 0 Å². The number of anilines is 1. The number of aromatic amines is 1. The first-order valence-corrected chi connectivity index (χ1v) is 7.23. The number of hydrogen-bond acceptors (Lipinski definition) is 3. The van der Waals surface area contributed by atoms with Gasteiger partial charge in [0.2, 0.25) is 0 Å². The molecule has 1 atom stereocenters. The minimum atomic E-state index is -0.0301. The van der Waals surface area contributed by atoms with Crippen molar-refractivity contribution in [2.45, 2.75) is 19.8 Å². The Labute approximate surface area is 118 Å². The van der Waals surface area contributed by atoms with Crippen LogP contribution in [0.2, 0.25) is 0 Å². The van der Waals surface area contributed by atoms with E-state index in [4.69, 9.17) is 0 Å². The molecule has 4 nitrogen and oxygen atoms in total. The van der Waals surface area contributed by atoms with Crippen LogP contribution in [-0.2, 0) is 0 Å². The van der Waals surface area contributed by atoms with Gasteiger partial charge in [-0.3, -0.25) is 4.79 Å². The summed E-state index contributed by atoms with van der Waals surface area (Å²) < 4.78 is 0. The Morgan fingerprint density at radius 3 is 3.00 bits per heavy atom. The van der Waals surface area contributed by atoms with Crippen molar-refractivity contribution >= 4 is 16.6 Å². The molecule has 0 spiro atoms. The lowest BCUT2D eigenvalue weighted by atomic mass is 9.83. The van der Waals surface area contributed by atoms with Crippen LogP contribution in [0, 0.1) is 5.41 Å². The van der Waals surface area contributed by atoms with Crippen LogP contribution in [0.25, 0.3) is 10.8 Å². The van der Waals surface area contributed by atoms with Crippen LogP contribution in [0.3, 0.4) is 0 Å². The number of aromatic nitrogens is 1. The smallest absolute Gasteiger partial charge is 0.257 e. The fraction of sp³-hybridized carbons (Fsp3) is 0.438. The fourth-order valence-electron chi connectivity index (χ4n) is 2.88. The molecule has 0 aliphatic carbocycles. The Kier molecular flexibility index (Phi) is 3.49. The molecule has 2 heterocycles. The van der Waals surface area contributed by atoms with E-state index in [0.29, 0.717) is 0 Å². The van der Waals surface area contributed by atoms with Gasteiger partial charge in [-0.15, -0.1) is 0 Å². The number of pyridine rings is 1. The van der Waals surface area contributed by atoms with Crippen LogP contribution in [0.1, 0.15) is 19.8 Å². The van der Waals surface area contributed by atoms with Gasteiger partial charge in [-0.05, 0) is 42.3 Å². The van der Waals surface area contributed by atoms with Gasteiger partial charge in [-0.2, -0.15) is 0 Å². The molecule has 106 valence electrons.